The van der Waals surface area contributed by atoms with Crippen LogP contribution in [0.15, 0.2) is 12.1 Å². The lowest BCUT2D eigenvalue weighted by Gasteiger charge is -2.24. The van der Waals surface area contributed by atoms with Gasteiger partial charge in [-0.15, -0.1) is 0 Å². The first-order valence-electron chi connectivity index (χ1n) is 12.0. The van der Waals surface area contributed by atoms with Crippen molar-refractivity contribution in [3.05, 3.63) is 35.1 Å². The third kappa shape index (κ3) is 12.5. The molecule has 0 aromatic heterocycles. The molecule has 0 radical (unpaired) electrons. The second kappa shape index (κ2) is 17.4. The van der Waals surface area contributed by atoms with Gasteiger partial charge in [-0.05, 0) is 39.5 Å². The smallest absolute Gasteiger partial charge is 0.271 e. The molecule has 1 atom stereocenters. The van der Waals surface area contributed by atoms with Crippen LogP contribution in [0.4, 0.5) is 13.2 Å². The summed E-state index contributed by atoms with van der Waals surface area (Å²) >= 11 is 0. The molecule has 0 amide bonds. The van der Waals surface area contributed by atoms with Gasteiger partial charge in [-0.25, -0.2) is 13.2 Å². The molecule has 31 heavy (non-hydrogen) atoms. The predicted molar refractivity (Wildman–Crippen MR) is 118 cm³/mol. The largest absolute Gasteiger partial charge is 0.330 e. The van der Waals surface area contributed by atoms with Gasteiger partial charge in [0, 0.05) is 30.9 Å². The zero-order chi connectivity index (χ0) is 22.9. The predicted octanol–water partition coefficient (Wildman–Crippen LogP) is 7.70. The van der Waals surface area contributed by atoms with Crippen molar-refractivity contribution in [1.82, 2.24) is 0 Å². The highest BCUT2D eigenvalue weighted by Gasteiger charge is 2.18. The van der Waals surface area contributed by atoms with Crippen molar-refractivity contribution in [2.75, 3.05) is 13.2 Å². The van der Waals surface area contributed by atoms with Gasteiger partial charge in [-0.3, -0.25) is 0 Å². The van der Waals surface area contributed by atoms with E-state index in [1.54, 1.807) is 0 Å². The monoisotopic (exact) mass is 446 g/mol. The molecule has 0 spiro atoms. The average molecular weight is 447 g/mol. The summed E-state index contributed by atoms with van der Waals surface area (Å²) in [5.74, 6) is -2.53. The molecule has 0 saturated heterocycles. The Morgan fingerprint density at radius 2 is 1.23 bits per heavy atom. The quantitative estimate of drug-likeness (QED) is 0.161. The van der Waals surface area contributed by atoms with Gasteiger partial charge >= 0.3 is 0 Å². The molecular weight excluding hydrogens is 405 g/mol. The Hall–Kier alpha value is -1.11. The maximum atomic E-state index is 13.8. The fourth-order valence-corrected chi connectivity index (χ4v) is 3.65. The number of unbranched alkanes of at least 4 members (excludes halogenated alkanes) is 7. The van der Waals surface area contributed by atoms with Crippen LogP contribution in [0.25, 0.3) is 0 Å². The zero-order valence-electron chi connectivity index (χ0n) is 19.6. The van der Waals surface area contributed by atoms with Gasteiger partial charge in [-0.2, -0.15) is 0 Å². The Morgan fingerprint density at radius 3 is 1.77 bits per heavy atom. The van der Waals surface area contributed by atoms with Gasteiger partial charge < -0.3 is 14.2 Å². The Labute approximate surface area is 186 Å². The Balaban J connectivity index is 2.48. The average Bonchev–Trinajstić information content (AvgIpc) is 2.71. The molecule has 180 valence electrons. The van der Waals surface area contributed by atoms with Crippen LogP contribution >= 0.6 is 0 Å². The van der Waals surface area contributed by atoms with E-state index < -0.39 is 23.9 Å². The molecule has 1 aromatic carbocycles. The molecule has 1 unspecified atom stereocenters. The van der Waals surface area contributed by atoms with Crippen LogP contribution < -0.4 is 0 Å². The van der Waals surface area contributed by atoms with Crippen molar-refractivity contribution < 1.29 is 27.4 Å². The van der Waals surface area contributed by atoms with Gasteiger partial charge in [0.2, 0.25) is 0 Å². The molecular formula is C25H41F3O3. The Morgan fingerprint density at radius 1 is 0.710 bits per heavy atom. The van der Waals surface area contributed by atoms with Gasteiger partial charge in [0.05, 0.1) is 6.10 Å². The van der Waals surface area contributed by atoms with E-state index in [1.165, 1.54) is 38.5 Å². The van der Waals surface area contributed by atoms with E-state index in [9.17, 15) is 13.2 Å². The number of hydrogen-bond donors (Lipinski definition) is 0. The van der Waals surface area contributed by atoms with Gasteiger partial charge in [-0.1, -0.05) is 58.3 Å². The topological polar surface area (TPSA) is 27.7 Å². The maximum Gasteiger partial charge on any atom is 0.271 e. The van der Waals surface area contributed by atoms with Crippen LogP contribution in [-0.4, -0.2) is 25.8 Å². The zero-order valence-corrected chi connectivity index (χ0v) is 19.6. The minimum Gasteiger partial charge on any atom is -0.330 e. The van der Waals surface area contributed by atoms with E-state index in [-0.39, 0.29) is 18.1 Å². The number of benzene rings is 1. The molecule has 0 aliphatic carbocycles. The molecule has 1 aromatic rings. The fraction of sp³-hybridized carbons (Fsp3) is 0.760. The first-order chi connectivity index (χ1) is 15.0. The van der Waals surface area contributed by atoms with Crippen molar-refractivity contribution in [2.45, 2.75) is 110 Å². The highest BCUT2D eigenvalue weighted by molar-refractivity contribution is 5.20. The summed E-state index contributed by atoms with van der Waals surface area (Å²) < 4.78 is 57.8. The summed E-state index contributed by atoms with van der Waals surface area (Å²) in [5.41, 5.74) is -0.0487. The molecule has 0 heterocycles. The van der Waals surface area contributed by atoms with Crippen LogP contribution in [0.2, 0.25) is 0 Å². The SMILES string of the molecule is CCCCCCCCCC(CCCCc1c(F)cc(F)cc1F)OC(OCC)OCC. The first kappa shape index (κ1) is 27.9. The molecule has 0 saturated carbocycles. The normalized spacial score (nSPS) is 12.6. The summed E-state index contributed by atoms with van der Waals surface area (Å²) in [6.07, 6.45) is 11.8. The van der Waals surface area contributed by atoms with E-state index in [0.29, 0.717) is 19.6 Å². The molecule has 0 fully saturated rings. The van der Waals surface area contributed by atoms with Gasteiger partial charge in [0.25, 0.3) is 6.48 Å². The minimum absolute atomic E-state index is 0.0262. The van der Waals surface area contributed by atoms with Crippen LogP contribution in [0, 0.1) is 17.5 Å². The van der Waals surface area contributed by atoms with Crippen molar-refractivity contribution in [3.8, 4) is 0 Å². The number of ether oxygens (including phenoxy) is 3. The van der Waals surface area contributed by atoms with Crippen LogP contribution in [0.5, 0.6) is 0 Å². The lowest BCUT2D eigenvalue weighted by atomic mass is 10.0. The van der Waals surface area contributed by atoms with E-state index >= 15 is 0 Å². The van der Waals surface area contributed by atoms with E-state index in [2.05, 4.69) is 6.92 Å². The third-order valence-electron chi connectivity index (χ3n) is 5.35. The molecule has 1 rings (SSSR count). The molecule has 3 nitrogen and oxygen atoms in total. The minimum atomic E-state index is -0.889. The van der Waals surface area contributed by atoms with E-state index in [1.807, 2.05) is 13.8 Å². The summed E-state index contributed by atoms with van der Waals surface area (Å²) in [5, 5.41) is 0. The highest BCUT2D eigenvalue weighted by Crippen LogP contribution is 2.21. The lowest BCUT2D eigenvalue weighted by Crippen LogP contribution is -2.27. The standard InChI is InChI=1S/C25H41F3O3/c1-4-7-8-9-10-11-12-15-21(31-25(29-5-2)30-6-3)16-13-14-17-22-23(27)18-20(26)19-24(22)28/h18-19,21,25H,4-17H2,1-3H3. The van der Waals surface area contributed by atoms with E-state index in [4.69, 9.17) is 14.2 Å². The number of rotatable bonds is 19. The molecule has 0 aliphatic rings. The summed E-state index contributed by atoms with van der Waals surface area (Å²) in [7, 11) is 0. The lowest BCUT2D eigenvalue weighted by molar-refractivity contribution is -0.302. The molecule has 0 aliphatic heterocycles. The molecule has 0 bridgehead atoms. The molecule has 0 N–H and O–H groups in total. The van der Waals surface area contributed by atoms with Crippen molar-refractivity contribution in [2.24, 2.45) is 0 Å². The third-order valence-corrected chi connectivity index (χ3v) is 5.35. The second-order valence-electron chi connectivity index (χ2n) is 7.96. The maximum absolute atomic E-state index is 13.8. The van der Waals surface area contributed by atoms with Crippen molar-refractivity contribution >= 4 is 0 Å². The summed E-state index contributed by atoms with van der Waals surface area (Å²) in [6, 6.07) is 1.47. The van der Waals surface area contributed by atoms with Crippen molar-refractivity contribution in [3.63, 3.8) is 0 Å². The highest BCUT2D eigenvalue weighted by atomic mass is 19.1. The Bertz CT molecular complexity index is 554. The van der Waals surface area contributed by atoms with E-state index in [0.717, 1.165) is 37.8 Å². The second-order valence-corrected chi connectivity index (χ2v) is 7.96. The Kier molecular flexibility index (Phi) is 15.7. The number of hydrogen-bond acceptors (Lipinski definition) is 3. The fourth-order valence-electron chi connectivity index (χ4n) is 3.65. The van der Waals surface area contributed by atoms with Crippen molar-refractivity contribution in [1.29, 1.82) is 0 Å². The van der Waals surface area contributed by atoms with Crippen LogP contribution in [0.3, 0.4) is 0 Å². The summed E-state index contributed by atoms with van der Waals surface area (Å²) in [4.78, 5) is 0. The van der Waals surface area contributed by atoms with Gasteiger partial charge in [0.15, 0.2) is 0 Å². The van der Waals surface area contributed by atoms with Crippen LogP contribution in [0.1, 0.15) is 97.0 Å². The molecule has 6 heteroatoms. The van der Waals surface area contributed by atoms with Gasteiger partial charge in [0.1, 0.15) is 17.5 Å². The first-order valence-corrected chi connectivity index (χ1v) is 12.0. The van der Waals surface area contributed by atoms with Crippen LogP contribution in [-0.2, 0) is 20.6 Å². The summed E-state index contributed by atoms with van der Waals surface area (Å²) in [6.45, 7) is 6.32. The number of halogens is 3.